The monoisotopic (exact) mass is 562 g/mol. The fraction of sp³-hybridized carbons (Fsp3) is 0.333. The van der Waals surface area contributed by atoms with Crippen molar-refractivity contribution in [3.63, 3.8) is 0 Å². The molecule has 3 rings (SSSR count). The molecule has 1 aliphatic heterocycles. The van der Waals surface area contributed by atoms with Gasteiger partial charge in [-0.2, -0.15) is 13.2 Å². The van der Waals surface area contributed by atoms with Crippen molar-refractivity contribution in [3.05, 3.63) is 68.6 Å². The van der Waals surface area contributed by atoms with E-state index in [1.807, 2.05) is 48.5 Å². The van der Waals surface area contributed by atoms with Crippen LogP contribution < -0.4 is 0 Å². The Hall–Kier alpha value is -1.91. The van der Waals surface area contributed by atoms with Crippen molar-refractivity contribution in [1.82, 2.24) is 9.80 Å². The Morgan fingerprint density at radius 2 is 1.35 bits per heavy atom. The lowest BCUT2D eigenvalue weighted by molar-refractivity contribution is -0.199. The fourth-order valence-electron chi connectivity index (χ4n) is 3.42. The van der Waals surface area contributed by atoms with Crippen LogP contribution in [0.5, 0.6) is 0 Å². The van der Waals surface area contributed by atoms with Gasteiger partial charge in [0, 0.05) is 35.1 Å². The normalized spacial score (nSPS) is 16.3. The number of carbonyl (C=O) groups is 2. The maximum absolute atomic E-state index is 12.7. The third kappa shape index (κ3) is 6.08. The van der Waals surface area contributed by atoms with Crippen molar-refractivity contribution in [3.8, 4) is 0 Å². The highest BCUT2D eigenvalue weighted by Crippen LogP contribution is 2.31. The standard InChI is InChI=1S/C21H19Br2F3N2O3/c22-16-5-1-14(2-6-16)19(15-3-7-17(23)8-4-15)27-9-11-28(12-10-27)20(30)31-18(13-29)21(24,25)26/h1-8,13,18-19H,9-12H2. The van der Waals surface area contributed by atoms with Crippen molar-refractivity contribution in [1.29, 1.82) is 0 Å². The zero-order valence-corrected chi connectivity index (χ0v) is 19.4. The Bertz CT molecular complexity index is 854. The molecule has 5 nitrogen and oxygen atoms in total. The molecule has 1 atom stereocenters. The Labute approximate surface area is 194 Å². The van der Waals surface area contributed by atoms with E-state index in [0.717, 1.165) is 20.1 Å². The van der Waals surface area contributed by atoms with E-state index in [2.05, 4.69) is 41.5 Å². The molecule has 1 aliphatic rings. The third-order valence-electron chi connectivity index (χ3n) is 4.98. The average molecular weight is 564 g/mol. The number of benzene rings is 2. The summed E-state index contributed by atoms with van der Waals surface area (Å²) >= 11 is 6.87. The zero-order chi connectivity index (χ0) is 22.6. The SMILES string of the molecule is O=CC(OC(=O)N1CCN(C(c2ccc(Br)cc2)c2ccc(Br)cc2)CC1)C(F)(F)F. The van der Waals surface area contributed by atoms with Crippen molar-refractivity contribution >= 4 is 44.2 Å². The summed E-state index contributed by atoms with van der Waals surface area (Å²) in [5.74, 6) is 0. The molecule has 2 aromatic carbocycles. The third-order valence-corrected chi connectivity index (χ3v) is 6.04. The van der Waals surface area contributed by atoms with E-state index in [0.29, 0.717) is 13.1 Å². The largest absolute Gasteiger partial charge is 0.432 e. The van der Waals surface area contributed by atoms with E-state index in [1.54, 1.807) is 0 Å². The molecule has 0 bridgehead atoms. The lowest BCUT2D eigenvalue weighted by Gasteiger charge is -2.39. The predicted octanol–water partition coefficient (Wildman–Crippen LogP) is 5.19. The first kappa shape index (κ1) is 23.7. The number of rotatable bonds is 5. The van der Waals surface area contributed by atoms with E-state index >= 15 is 0 Å². The quantitative estimate of drug-likeness (QED) is 0.470. The number of hydrogen-bond donors (Lipinski definition) is 0. The van der Waals surface area contributed by atoms with Crippen LogP contribution in [-0.4, -0.2) is 60.6 Å². The van der Waals surface area contributed by atoms with Gasteiger partial charge in [0.25, 0.3) is 6.10 Å². The molecular formula is C21H19Br2F3N2O3. The Kier molecular flexibility index (Phi) is 7.77. The zero-order valence-electron chi connectivity index (χ0n) is 16.2. The summed E-state index contributed by atoms with van der Waals surface area (Å²) in [5.41, 5.74) is 2.11. The molecule has 1 unspecified atom stereocenters. The molecule has 166 valence electrons. The van der Waals surface area contributed by atoms with E-state index in [4.69, 9.17) is 0 Å². The lowest BCUT2D eigenvalue weighted by atomic mass is 9.96. The van der Waals surface area contributed by atoms with Crippen LogP contribution >= 0.6 is 31.9 Å². The van der Waals surface area contributed by atoms with Crippen LogP contribution in [0.4, 0.5) is 18.0 Å². The minimum absolute atomic E-state index is 0.0859. The maximum atomic E-state index is 12.7. The summed E-state index contributed by atoms with van der Waals surface area (Å²) in [6, 6.07) is 15.8. The number of alkyl halides is 3. The van der Waals surface area contributed by atoms with Gasteiger partial charge in [0.1, 0.15) is 0 Å². The number of halogens is 5. The van der Waals surface area contributed by atoms with Crippen molar-refractivity contribution < 1.29 is 27.5 Å². The van der Waals surface area contributed by atoms with E-state index < -0.39 is 24.7 Å². The topological polar surface area (TPSA) is 49.9 Å². The average Bonchev–Trinajstić information content (AvgIpc) is 2.74. The van der Waals surface area contributed by atoms with Crippen LogP contribution in [0.25, 0.3) is 0 Å². The summed E-state index contributed by atoms with van der Waals surface area (Å²) in [6.07, 6.45) is -9.23. The van der Waals surface area contributed by atoms with Crippen LogP contribution in [0.2, 0.25) is 0 Å². The van der Waals surface area contributed by atoms with Crippen LogP contribution in [0.1, 0.15) is 17.2 Å². The highest BCUT2D eigenvalue weighted by molar-refractivity contribution is 9.10. The predicted molar refractivity (Wildman–Crippen MR) is 116 cm³/mol. The van der Waals surface area contributed by atoms with Gasteiger partial charge in [-0.05, 0) is 35.4 Å². The second kappa shape index (κ2) is 10.1. The minimum atomic E-state index is -4.92. The second-order valence-corrected chi connectivity index (χ2v) is 8.84. The van der Waals surface area contributed by atoms with Gasteiger partial charge in [-0.15, -0.1) is 0 Å². The van der Waals surface area contributed by atoms with Crippen LogP contribution in [0.15, 0.2) is 57.5 Å². The van der Waals surface area contributed by atoms with Crippen molar-refractivity contribution in [2.45, 2.75) is 18.3 Å². The Morgan fingerprint density at radius 1 is 0.903 bits per heavy atom. The second-order valence-electron chi connectivity index (χ2n) is 7.01. The molecule has 2 aromatic rings. The lowest BCUT2D eigenvalue weighted by Crippen LogP contribution is -2.51. The number of aldehydes is 1. The Balaban J connectivity index is 1.73. The molecule has 1 amide bonds. The van der Waals surface area contributed by atoms with E-state index in [-0.39, 0.29) is 19.1 Å². The van der Waals surface area contributed by atoms with E-state index in [1.165, 1.54) is 4.90 Å². The van der Waals surface area contributed by atoms with Gasteiger partial charge in [-0.3, -0.25) is 9.69 Å². The van der Waals surface area contributed by atoms with E-state index in [9.17, 15) is 22.8 Å². The van der Waals surface area contributed by atoms with Crippen LogP contribution in [0, 0.1) is 0 Å². The molecule has 1 saturated heterocycles. The number of ether oxygens (including phenoxy) is 1. The first-order chi connectivity index (χ1) is 14.7. The molecule has 0 aromatic heterocycles. The van der Waals surface area contributed by atoms with Gasteiger partial charge in [0.2, 0.25) is 0 Å². The molecule has 0 radical (unpaired) electrons. The van der Waals surface area contributed by atoms with Gasteiger partial charge in [0.15, 0.2) is 6.29 Å². The smallest absolute Gasteiger partial charge is 0.429 e. The van der Waals surface area contributed by atoms with Crippen molar-refractivity contribution in [2.75, 3.05) is 26.2 Å². The summed E-state index contributed by atoms with van der Waals surface area (Å²) in [7, 11) is 0. The maximum Gasteiger partial charge on any atom is 0.432 e. The molecule has 0 saturated carbocycles. The van der Waals surface area contributed by atoms with Gasteiger partial charge < -0.3 is 9.64 Å². The molecule has 0 aliphatic carbocycles. The summed E-state index contributed by atoms with van der Waals surface area (Å²) in [6.45, 7) is 1.24. The highest BCUT2D eigenvalue weighted by Gasteiger charge is 2.44. The van der Waals surface area contributed by atoms with Gasteiger partial charge >= 0.3 is 12.3 Å². The van der Waals surface area contributed by atoms with Gasteiger partial charge in [-0.25, -0.2) is 4.79 Å². The number of nitrogens with zero attached hydrogens (tertiary/aromatic N) is 2. The minimum Gasteiger partial charge on any atom is -0.429 e. The molecule has 31 heavy (non-hydrogen) atoms. The number of carbonyl (C=O) groups excluding carboxylic acids is 2. The summed E-state index contributed by atoms with van der Waals surface area (Å²) < 4.78 is 44.4. The van der Waals surface area contributed by atoms with Gasteiger partial charge in [-0.1, -0.05) is 56.1 Å². The first-order valence-corrected chi connectivity index (χ1v) is 11.0. The van der Waals surface area contributed by atoms with Crippen molar-refractivity contribution in [2.24, 2.45) is 0 Å². The highest BCUT2D eigenvalue weighted by atomic mass is 79.9. The molecule has 0 N–H and O–H groups in total. The number of amides is 1. The molecule has 0 spiro atoms. The Morgan fingerprint density at radius 3 is 1.74 bits per heavy atom. The molecular weight excluding hydrogens is 545 g/mol. The molecule has 1 heterocycles. The first-order valence-electron chi connectivity index (χ1n) is 9.41. The van der Waals surface area contributed by atoms with Crippen LogP contribution in [-0.2, 0) is 9.53 Å². The number of piperazine rings is 1. The number of hydrogen-bond acceptors (Lipinski definition) is 4. The fourth-order valence-corrected chi connectivity index (χ4v) is 3.95. The summed E-state index contributed by atoms with van der Waals surface area (Å²) in [5, 5.41) is 0. The van der Waals surface area contributed by atoms with Crippen LogP contribution in [0.3, 0.4) is 0 Å². The molecule has 10 heteroatoms. The van der Waals surface area contributed by atoms with Gasteiger partial charge in [0.05, 0.1) is 6.04 Å². The summed E-state index contributed by atoms with van der Waals surface area (Å²) in [4.78, 5) is 26.1. The molecule has 1 fully saturated rings.